The van der Waals surface area contributed by atoms with Crippen molar-refractivity contribution < 1.29 is 13.2 Å². The lowest BCUT2D eigenvalue weighted by Crippen LogP contribution is -2.14. The molecule has 0 aliphatic heterocycles. The first kappa shape index (κ1) is 15.3. The first-order valence-electron chi connectivity index (χ1n) is 5.77. The summed E-state index contributed by atoms with van der Waals surface area (Å²) in [5.74, 6) is -0.579. The summed E-state index contributed by atoms with van der Waals surface area (Å²) < 4.78 is 27.4. The van der Waals surface area contributed by atoms with E-state index in [1.165, 1.54) is 36.4 Å². The number of carbonyl (C=O) groups excluding carboxylic acids is 1. The summed E-state index contributed by atoms with van der Waals surface area (Å²) in [6.07, 6.45) is 0. The van der Waals surface area contributed by atoms with Gasteiger partial charge < -0.3 is 11.5 Å². The molecule has 0 radical (unpaired) electrons. The molecule has 0 aromatic heterocycles. The van der Waals surface area contributed by atoms with Gasteiger partial charge in [-0.1, -0.05) is 0 Å². The van der Waals surface area contributed by atoms with Gasteiger partial charge in [0.15, 0.2) is 0 Å². The molecule has 2 aromatic carbocycles. The quantitative estimate of drug-likeness (QED) is 0.713. The van der Waals surface area contributed by atoms with E-state index in [-0.39, 0.29) is 4.90 Å². The molecule has 21 heavy (non-hydrogen) atoms. The van der Waals surface area contributed by atoms with Gasteiger partial charge in [-0.05, 0) is 58.4 Å². The summed E-state index contributed by atoms with van der Waals surface area (Å²) in [6.45, 7) is 0. The van der Waals surface area contributed by atoms with E-state index >= 15 is 0 Å². The number of primary amides is 1. The minimum Gasteiger partial charge on any atom is -0.398 e. The van der Waals surface area contributed by atoms with Crippen LogP contribution in [0.1, 0.15) is 10.4 Å². The van der Waals surface area contributed by atoms with Crippen molar-refractivity contribution >= 4 is 43.2 Å². The Balaban J connectivity index is 2.28. The fourth-order valence-corrected chi connectivity index (χ4v) is 2.95. The number of carbonyl (C=O) groups is 1. The van der Waals surface area contributed by atoms with Crippen LogP contribution in [0.25, 0.3) is 0 Å². The van der Waals surface area contributed by atoms with Gasteiger partial charge in [0.05, 0.1) is 4.90 Å². The molecule has 0 spiro atoms. The molecule has 0 bridgehead atoms. The highest BCUT2D eigenvalue weighted by Crippen LogP contribution is 2.24. The number of benzene rings is 2. The number of nitrogens with one attached hydrogen (secondary N) is 1. The van der Waals surface area contributed by atoms with Gasteiger partial charge in [0.1, 0.15) is 0 Å². The van der Waals surface area contributed by atoms with Gasteiger partial charge in [0, 0.05) is 21.4 Å². The van der Waals surface area contributed by atoms with Crippen LogP contribution in [-0.4, -0.2) is 14.3 Å². The Morgan fingerprint density at radius 2 is 1.71 bits per heavy atom. The fourth-order valence-electron chi connectivity index (χ4n) is 1.61. The molecule has 2 rings (SSSR count). The molecule has 110 valence electrons. The lowest BCUT2D eigenvalue weighted by Gasteiger charge is -2.09. The second-order valence-corrected chi connectivity index (χ2v) is 6.77. The first-order valence-corrected chi connectivity index (χ1v) is 8.05. The highest BCUT2D eigenvalue weighted by molar-refractivity contribution is 9.10. The lowest BCUT2D eigenvalue weighted by atomic mass is 10.2. The largest absolute Gasteiger partial charge is 0.398 e. The van der Waals surface area contributed by atoms with Crippen LogP contribution in [0.2, 0.25) is 0 Å². The van der Waals surface area contributed by atoms with Gasteiger partial charge in [-0.3, -0.25) is 9.52 Å². The van der Waals surface area contributed by atoms with Crippen molar-refractivity contribution in [2.75, 3.05) is 10.5 Å². The number of nitrogens with two attached hydrogens (primary N) is 2. The van der Waals surface area contributed by atoms with Crippen molar-refractivity contribution in [2.24, 2.45) is 5.73 Å². The molecule has 1 amide bonds. The van der Waals surface area contributed by atoms with Crippen molar-refractivity contribution in [1.82, 2.24) is 0 Å². The van der Waals surface area contributed by atoms with Crippen molar-refractivity contribution in [3.8, 4) is 0 Å². The van der Waals surface area contributed by atoms with E-state index in [0.29, 0.717) is 21.4 Å². The number of halogens is 1. The Kier molecular flexibility index (Phi) is 4.19. The zero-order chi connectivity index (χ0) is 15.6. The maximum absolute atomic E-state index is 12.2. The van der Waals surface area contributed by atoms with Crippen LogP contribution in [0, 0.1) is 0 Å². The summed E-state index contributed by atoms with van der Waals surface area (Å²) in [5, 5.41) is 0. The second-order valence-electron chi connectivity index (χ2n) is 4.23. The standard InChI is InChI=1S/C13H12BrN3O3S/c14-11-6-5-10(7-12(11)15)21(19,20)17-9-3-1-8(2-4-9)13(16)18/h1-7,17H,15H2,(H2,16,18). The Bertz CT molecular complexity index is 789. The molecule has 0 heterocycles. The molecule has 0 unspecified atom stereocenters. The molecule has 0 atom stereocenters. The minimum absolute atomic E-state index is 0.0437. The average molecular weight is 370 g/mol. The third kappa shape index (κ3) is 3.53. The third-order valence-electron chi connectivity index (χ3n) is 2.70. The van der Waals surface area contributed by atoms with Crippen LogP contribution in [0.3, 0.4) is 0 Å². The molecule has 0 saturated carbocycles. The first-order chi connectivity index (χ1) is 9.79. The number of nitrogen functional groups attached to an aromatic ring is 1. The van der Waals surface area contributed by atoms with E-state index in [9.17, 15) is 13.2 Å². The highest BCUT2D eigenvalue weighted by Gasteiger charge is 2.15. The third-order valence-corrected chi connectivity index (χ3v) is 4.80. The molecule has 0 saturated heterocycles. The second kappa shape index (κ2) is 5.74. The predicted octanol–water partition coefficient (Wildman–Crippen LogP) is 1.93. The molecular weight excluding hydrogens is 358 g/mol. The summed E-state index contributed by atoms with van der Waals surface area (Å²) in [5.41, 5.74) is 11.7. The van der Waals surface area contributed by atoms with Gasteiger partial charge in [0.25, 0.3) is 10.0 Å². The van der Waals surface area contributed by atoms with Crippen LogP contribution >= 0.6 is 15.9 Å². The lowest BCUT2D eigenvalue weighted by molar-refractivity contribution is 0.100. The minimum atomic E-state index is -3.75. The summed E-state index contributed by atoms with van der Waals surface area (Å²) in [6, 6.07) is 10.1. The molecule has 6 nitrogen and oxygen atoms in total. The molecule has 0 fully saturated rings. The number of hydrogen-bond donors (Lipinski definition) is 3. The smallest absolute Gasteiger partial charge is 0.261 e. The number of amides is 1. The van der Waals surface area contributed by atoms with Crippen molar-refractivity contribution in [3.05, 3.63) is 52.5 Å². The maximum atomic E-state index is 12.2. The number of rotatable bonds is 4. The number of anilines is 2. The van der Waals surface area contributed by atoms with Crippen molar-refractivity contribution in [1.29, 1.82) is 0 Å². The Morgan fingerprint density at radius 3 is 2.24 bits per heavy atom. The zero-order valence-electron chi connectivity index (χ0n) is 10.7. The van der Waals surface area contributed by atoms with Crippen LogP contribution in [0.15, 0.2) is 51.8 Å². The maximum Gasteiger partial charge on any atom is 0.261 e. The highest BCUT2D eigenvalue weighted by atomic mass is 79.9. The van der Waals surface area contributed by atoms with Crippen LogP contribution in [0.5, 0.6) is 0 Å². The van der Waals surface area contributed by atoms with E-state index < -0.39 is 15.9 Å². The van der Waals surface area contributed by atoms with E-state index in [1.54, 1.807) is 6.07 Å². The van der Waals surface area contributed by atoms with Gasteiger partial charge in [-0.25, -0.2) is 8.42 Å². The molecule has 5 N–H and O–H groups in total. The number of hydrogen-bond acceptors (Lipinski definition) is 4. The van der Waals surface area contributed by atoms with E-state index in [2.05, 4.69) is 20.7 Å². The molecule has 2 aromatic rings. The number of sulfonamides is 1. The summed E-state index contributed by atoms with van der Waals surface area (Å²) in [4.78, 5) is 11.0. The Morgan fingerprint density at radius 1 is 1.10 bits per heavy atom. The Hall–Kier alpha value is -2.06. The van der Waals surface area contributed by atoms with Gasteiger partial charge >= 0.3 is 0 Å². The van der Waals surface area contributed by atoms with E-state index in [4.69, 9.17) is 11.5 Å². The zero-order valence-corrected chi connectivity index (χ0v) is 13.1. The average Bonchev–Trinajstić information content (AvgIpc) is 2.42. The SMILES string of the molecule is NC(=O)c1ccc(NS(=O)(=O)c2ccc(Br)c(N)c2)cc1. The predicted molar refractivity (Wildman–Crippen MR) is 84.3 cm³/mol. The summed E-state index contributed by atoms with van der Waals surface area (Å²) in [7, 11) is -3.75. The monoisotopic (exact) mass is 369 g/mol. The normalized spacial score (nSPS) is 11.1. The molecule has 0 aliphatic carbocycles. The topological polar surface area (TPSA) is 115 Å². The van der Waals surface area contributed by atoms with E-state index in [1.807, 2.05) is 0 Å². The van der Waals surface area contributed by atoms with Crippen molar-refractivity contribution in [2.45, 2.75) is 4.90 Å². The van der Waals surface area contributed by atoms with Crippen LogP contribution < -0.4 is 16.2 Å². The fraction of sp³-hybridized carbons (Fsp3) is 0. The molecule has 8 heteroatoms. The van der Waals surface area contributed by atoms with E-state index in [0.717, 1.165) is 0 Å². The molecular formula is C13H12BrN3O3S. The van der Waals surface area contributed by atoms with Gasteiger partial charge in [-0.2, -0.15) is 0 Å². The molecule has 0 aliphatic rings. The van der Waals surface area contributed by atoms with Gasteiger partial charge in [0.2, 0.25) is 5.91 Å². The summed E-state index contributed by atoms with van der Waals surface area (Å²) >= 11 is 3.20. The van der Waals surface area contributed by atoms with Crippen molar-refractivity contribution in [3.63, 3.8) is 0 Å². The Labute approximate surface area is 130 Å². The van der Waals surface area contributed by atoms with Crippen LogP contribution in [0.4, 0.5) is 11.4 Å². The van der Waals surface area contributed by atoms with Crippen LogP contribution in [-0.2, 0) is 10.0 Å². The van der Waals surface area contributed by atoms with Gasteiger partial charge in [-0.15, -0.1) is 0 Å².